The minimum absolute atomic E-state index is 0.201. The number of aryl methyl sites for hydroxylation is 1. The average Bonchev–Trinajstić information content (AvgIpc) is 2.92. The summed E-state index contributed by atoms with van der Waals surface area (Å²) in [4.78, 5) is 4.42. The molecular weight excluding hydrogens is 259 g/mol. The van der Waals surface area contributed by atoms with E-state index in [-0.39, 0.29) is 17.8 Å². The molecule has 0 aliphatic heterocycles. The van der Waals surface area contributed by atoms with Gasteiger partial charge in [0.2, 0.25) is 11.7 Å². The van der Waals surface area contributed by atoms with Gasteiger partial charge in [0.05, 0.1) is 6.10 Å². The van der Waals surface area contributed by atoms with Crippen molar-refractivity contribution in [2.75, 3.05) is 0 Å². The van der Waals surface area contributed by atoms with Gasteiger partial charge < -0.3 is 9.63 Å². The summed E-state index contributed by atoms with van der Waals surface area (Å²) in [5.74, 6) is 1.10. The van der Waals surface area contributed by atoms with Crippen LogP contribution in [0.3, 0.4) is 0 Å². The summed E-state index contributed by atoms with van der Waals surface area (Å²) in [6.07, 6.45) is 3.08. The molecule has 1 heterocycles. The molecule has 1 aliphatic rings. The van der Waals surface area contributed by atoms with Crippen molar-refractivity contribution in [1.82, 2.24) is 10.1 Å². The zero-order valence-electron chi connectivity index (χ0n) is 11.3. The summed E-state index contributed by atoms with van der Waals surface area (Å²) in [6.45, 7) is 1.71. The summed E-state index contributed by atoms with van der Waals surface area (Å²) < 4.78 is 18.6. The fourth-order valence-corrected chi connectivity index (χ4v) is 2.62. The van der Waals surface area contributed by atoms with Gasteiger partial charge in [-0.05, 0) is 56.4 Å². The Morgan fingerprint density at radius 2 is 2.00 bits per heavy atom. The van der Waals surface area contributed by atoms with E-state index in [0.717, 1.165) is 31.2 Å². The zero-order valence-corrected chi connectivity index (χ0v) is 11.3. The highest BCUT2D eigenvalue weighted by Gasteiger charge is 2.25. The van der Waals surface area contributed by atoms with Crippen LogP contribution in [0.4, 0.5) is 4.39 Å². The maximum absolute atomic E-state index is 13.3. The number of aliphatic hydroxyl groups excluding tert-OH is 1. The fraction of sp³-hybridized carbons (Fsp3) is 0.467. The molecule has 1 N–H and O–H groups in total. The number of aromatic nitrogens is 2. The molecule has 0 spiro atoms. The summed E-state index contributed by atoms with van der Waals surface area (Å²) in [5, 5.41) is 13.5. The lowest BCUT2D eigenvalue weighted by atomic mass is 9.87. The molecule has 0 atom stereocenters. The number of hydrogen-bond acceptors (Lipinski definition) is 4. The predicted octanol–water partition coefficient (Wildman–Crippen LogP) is 3.20. The van der Waals surface area contributed by atoms with E-state index in [1.807, 2.05) is 0 Å². The van der Waals surface area contributed by atoms with Crippen LogP contribution in [0.1, 0.15) is 43.1 Å². The molecule has 1 saturated carbocycles. The molecule has 20 heavy (non-hydrogen) atoms. The Bertz CT molecular complexity index is 604. The number of rotatable bonds is 2. The van der Waals surface area contributed by atoms with Gasteiger partial charge in [0.25, 0.3) is 0 Å². The van der Waals surface area contributed by atoms with Gasteiger partial charge in [0, 0.05) is 11.5 Å². The van der Waals surface area contributed by atoms with E-state index in [2.05, 4.69) is 10.1 Å². The molecular formula is C15H17FN2O2. The van der Waals surface area contributed by atoms with E-state index in [1.54, 1.807) is 19.1 Å². The molecule has 106 valence electrons. The Kier molecular flexibility index (Phi) is 3.53. The molecule has 1 aliphatic carbocycles. The number of hydrogen-bond donors (Lipinski definition) is 1. The van der Waals surface area contributed by atoms with Gasteiger partial charge in [-0.2, -0.15) is 4.98 Å². The van der Waals surface area contributed by atoms with Crippen LogP contribution in [0, 0.1) is 12.7 Å². The van der Waals surface area contributed by atoms with Crippen LogP contribution in [0.2, 0.25) is 0 Å². The summed E-state index contributed by atoms with van der Waals surface area (Å²) in [6, 6.07) is 4.79. The third-order valence-electron chi connectivity index (χ3n) is 3.90. The van der Waals surface area contributed by atoms with Gasteiger partial charge in [-0.25, -0.2) is 4.39 Å². The van der Waals surface area contributed by atoms with E-state index in [1.165, 1.54) is 6.07 Å². The summed E-state index contributed by atoms with van der Waals surface area (Å²) >= 11 is 0. The molecule has 4 nitrogen and oxygen atoms in total. The normalized spacial score (nSPS) is 22.9. The van der Waals surface area contributed by atoms with Crippen molar-refractivity contribution >= 4 is 0 Å². The molecule has 0 bridgehead atoms. The first-order valence-corrected chi connectivity index (χ1v) is 6.91. The average molecular weight is 276 g/mol. The van der Waals surface area contributed by atoms with Crippen molar-refractivity contribution in [2.24, 2.45) is 0 Å². The largest absolute Gasteiger partial charge is 0.393 e. The van der Waals surface area contributed by atoms with E-state index >= 15 is 0 Å². The van der Waals surface area contributed by atoms with Crippen LogP contribution in [-0.4, -0.2) is 21.4 Å². The Morgan fingerprint density at radius 3 is 2.70 bits per heavy atom. The molecule has 0 amide bonds. The van der Waals surface area contributed by atoms with Crippen molar-refractivity contribution in [3.05, 3.63) is 35.5 Å². The van der Waals surface area contributed by atoms with Crippen LogP contribution in [-0.2, 0) is 0 Å². The Labute approximate surface area is 116 Å². The second kappa shape index (κ2) is 5.32. The molecule has 0 saturated heterocycles. The van der Waals surface area contributed by atoms with Crippen LogP contribution in [0.5, 0.6) is 0 Å². The first kappa shape index (κ1) is 13.2. The minimum Gasteiger partial charge on any atom is -0.393 e. The molecule has 1 fully saturated rings. The molecule has 0 unspecified atom stereocenters. The first-order chi connectivity index (χ1) is 9.63. The van der Waals surface area contributed by atoms with Gasteiger partial charge in [0.1, 0.15) is 5.82 Å². The fourth-order valence-electron chi connectivity index (χ4n) is 2.62. The molecule has 2 aromatic rings. The highest BCUT2D eigenvalue weighted by atomic mass is 19.1. The quantitative estimate of drug-likeness (QED) is 0.915. The van der Waals surface area contributed by atoms with Gasteiger partial charge >= 0.3 is 0 Å². The summed E-state index contributed by atoms with van der Waals surface area (Å²) in [5.41, 5.74) is 1.32. The Morgan fingerprint density at radius 1 is 1.25 bits per heavy atom. The molecule has 5 heteroatoms. The topological polar surface area (TPSA) is 59.2 Å². The lowest BCUT2D eigenvalue weighted by molar-refractivity contribution is 0.116. The Hall–Kier alpha value is -1.75. The number of nitrogens with zero attached hydrogens (tertiary/aromatic N) is 2. The van der Waals surface area contributed by atoms with Crippen molar-refractivity contribution < 1.29 is 14.0 Å². The van der Waals surface area contributed by atoms with Crippen molar-refractivity contribution in [1.29, 1.82) is 0 Å². The zero-order chi connectivity index (χ0) is 14.1. The Balaban J connectivity index is 1.81. The molecule has 1 aromatic heterocycles. The van der Waals surface area contributed by atoms with Gasteiger partial charge in [-0.3, -0.25) is 0 Å². The maximum atomic E-state index is 13.3. The highest BCUT2D eigenvalue weighted by Crippen LogP contribution is 2.32. The van der Waals surface area contributed by atoms with Crippen molar-refractivity contribution in [2.45, 2.75) is 44.6 Å². The maximum Gasteiger partial charge on any atom is 0.230 e. The third-order valence-corrected chi connectivity index (χ3v) is 3.90. The minimum atomic E-state index is -0.237. The van der Waals surface area contributed by atoms with Crippen molar-refractivity contribution in [3.63, 3.8) is 0 Å². The van der Waals surface area contributed by atoms with Crippen molar-refractivity contribution in [3.8, 4) is 11.4 Å². The number of halogens is 1. The molecule has 1 aromatic carbocycles. The predicted molar refractivity (Wildman–Crippen MR) is 71.6 cm³/mol. The highest BCUT2D eigenvalue weighted by molar-refractivity contribution is 5.55. The molecule has 3 rings (SSSR count). The SMILES string of the molecule is Cc1cc(-c2noc(C3CCC(O)CC3)n2)ccc1F. The second-order valence-corrected chi connectivity index (χ2v) is 5.43. The van der Waals surface area contributed by atoms with Gasteiger partial charge in [-0.1, -0.05) is 5.16 Å². The lowest BCUT2D eigenvalue weighted by Crippen LogP contribution is -2.17. The van der Waals surface area contributed by atoms with Crippen LogP contribution in [0.15, 0.2) is 22.7 Å². The van der Waals surface area contributed by atoms with E-state index < -0.39 is 0 Å². The number of aliphatic hydroxyl groups is 1. The standard InChI is InChI=1S/C15H17FN2O2/c1-9-8-11(4-7-13(9)16)14-17-15(20-18-14)10-2-5-12(19)6-3-10/h4,7-8,10,12,19H,2-3,5-6H2,1H3. The smallest absolute Gasteiger partial charge is 0.230 e. The number of benzene rings is 1. The monoisotopic (exact) mass is 276 g/mol. The summed E-state index contributed by atoms with van der Waals surface area (Å²) in [7, 11) is 0. The van der Waals surface area contributed by atoms with Crippen LogP contribution >= 0.6 is 0 Å². The first-order valence-electron chi connectivity index (χ1n) is 6.91. The van der Waals surface area contributed by atoms with Gasteiger partial charge in [-0.15, -0.1) is 0 Å². The van der Waals surface area contributed by atoms with Crippen LogP contribution < -0.4 is 0 Å². The molecule has 0 radical (unpaired) electrons. The lowest BCUT2D eigenvalue weighted by Gasteiger charge is -2.22. The van der Waals surface area contributed by atoms with E-state index in [9.17, 15) is 9.50 Å². The van der Waals surface area contributed by atoms with Gasteiger partial charge in [0.15, 0.2) is 0 Å². The van der Waals surface area contributed by atoms with E-state index in [0.29, 0.717) is 17.3 Å². The van der Waals surface area contributed by atoms with Crippen LogP contribution in [0.25, 0.3) is 11.4 Å². The van der Waals surface area contributed by atoms with E-state index in [4.69, 9.17) is 4.52 Å². The third kappa shape index (κ3) is 2.58. The second-order valence-electron chi connectivity index (χ2n) is 5.43.